The van der Waals surface area contributed by atoms with Gasteiger partial charge in [0.2, 0.25) is 0 Å². The lowest BCUT2D eigenvalue weighted by molar-refractivity contribution is -0.385. The van der Waals surface area contributed by atoms with Gasteiger partial charge in [0.15, 0.2) is 0 Å². The Morgan fingerprint density at radius 1 is 1.27 bits per heavy atom. The van der Waals surface area contributed by atoms with E-state index in [0.717, 1.165) is 25.3 Å². The van der Waals surface area contributed by atoms with Crippen molar-refractivity contribution in [3.63, 3.8) is 0 Å². The number of carbonyl (C=O) groups excluding carboxylic acids is 1. The zero-order valence-corrected chi connectivity index (χ0v) is 14.7. The van der Waals surface area contributed by atoms with Crippen molar-refractivity contribution < 1.29 is 27.3 Å². The Kier molecular flexibility index (Phi) is 5.56. The van der Waals surface area contributed by atoms with Gasteiger partial charge in [0, 0.05) is 12.1 Å². The zero-order chi connectivity index (χ0) is 19.5. The molecule has 138 valence electrons. The zero-order valence-electron chi connectivity index (χ0n) is 13.9. The molecule has 0 unspecified atom stereocenters. The molecule has 0 heterocycles. The van der Waals surface area contributed by atoms with Crippen molar-refractivity contribution in [3.8, 4) is 0 Å². The number of rotatable bonds is 6. The highest BCUT2D eigenvalue weighted by Crippen LogP contribution is 2.29. The second-order valence-corrected chi connectivity index (χ2v) is 7.08. The molecule has 2 aromatic rings. The number of sulfonamides is 1. The van der Waals surface area contributed by atoms with E-state index in [1.165, 1.54) is 31.2 Å². The number of hydrogen-bond donors (Lipinski definition) is 0. The number of halogens is 1. The van der Waals surface area contributed by atoms with Gasteiger partial charge >= 0.3 is 5.97 Å². The van der Waals surface area contributed by atoms with Gasteiger partial charge in [-0.05, 0) is 24.6 Å². The van der Waals surface area contributed by atoms with E-state index in [-0.39, 0.29) is 11.3 Å². The number of non-ortho nitro benzene ring substituents is 1. The van der Waals surface area contributed by atoms with Gasteiger partial charge in [0.1, 0.15) is 12.4 Å². The fourth-order valence-corrected chi connectivity index (χ4v) is 3.90. The fraction of sp³-hybridized carbons (Fsp3) is 0.188. The molecule has 0 saturated heterocycles. The highest BCUT2D eigenvalue weighted by molar-refractivity contribution is 7.93. The van der Waals surface area contributed by atoms with E-state index in [1.54, 1.807) is 0 Å². The molecule has 0 spiro atoms. The monoisotopic (exact) mass is 382 g/mol. The van der Waals surface area contributed by atoms with Crippen LogP contribution in [0.5, 0.6) is 0 Å². The molecule has 10 heteroatoms. The average Bonchev–Trinajstić information content (AvgIpc) is 2.60. The first-order chi connectivity index (χ1) is 12.2. The predicted octanol–water partition coefficient (Wildman–Crippen LogP) is 2.41. The van der Waals surface area contributed by atoms with Gasteiger partial charge in [-0.1, -0.05) is 18.2 Å². The number of carbonyl (C=O) groups is 1. The number of methoxy groups -OCH3 is 1. The summed E-state index contributed by atoms with van der Waals surface area (Å²) in [5, 5.41) is 11.0. The van der Waals surface area contributed by atoms with Crippen molar-refractivity contribution in [3.05, 3.63) is 64.0 Å². The molecular formula is C16H15FN2O6S. The minimum absolute atomic E-state index is 0.210. The second kappa shape index (κ2) is 7.48. The van der Waals surface area contributed by atoms with E-state index in [0.29, 0.717) is 4.31 Å². The van der Waals surface area contributed by atoms with Gasteiger partial charge in [-0.15, -0.1) is 0 Å². The summed E-state index contributed by atoms with van der Waals surface area (Å²) in [5.74, 6) is -1.79. The van der Waals surface area contributed by atoms with Crippen molar-refractivity contribution in [1.82, 2.24) is 0 Å². The summed E-state index contributed by atoms with van der Waals surface area (Å²) in [6.45, 7) is 0.649. The number of benzene rings is 2. The lowest BCUT2D eigenvalue weighted by Crippen LogP contribution is -2.37. The average molecular weight is 382 g/mol. The molecule has 2 rings (SSSR count). The number of nitro groups is 1. The molecule has 0 aromatic heterocycles. The van der Waals surface area contributed by atoms with Crippen LogP contribution in [0.15, 0.2) is 47.4 Å². The van der Waals surface area contributed by atoms with Crippen LogP contribution in [-0.4, -0.2) is 33.0 Å². The van der Waals surface area contributed by atoms with Crippen molar-refractivity contribution in [1.29, 1.82) is 0 Å². The van der Waals surface area contributed by atoms with Crippen LogP contribution in [0.3, 0.4) is 0 Å². The van der Waals surface area contributed by atoms with Crippen LogP contribution >= 0.6 is 0 Å². The molecule has 0 saturated carbocycles. The molecule has 0 aliphatic heterocycles. The molecule has 0 atom stereocenters. The van der Waals surface area contributed by atoms with Crippen LogP contribution in [0.4, 0.5) is 15.8 Å². The highest BCUT2D eigenvalue weighted by Gasteiger charge is 2.31. The van der Waals surface area contributed by atoms with E-state index in [2.05, 4.69) is 4.74 Å². The van der Waals surface area contributed by atoms with Gasteiger partial charge in [0.05, 0.1) is 22.6 Å². The van der Waals surface area contributed by atoms with E-state index >= 15 is 0 Å². The molecular weight excluding hydrogens is 367 g/mol. The summed E-state index contributed by atoms with van der Waals surface area (Å²) in [6.07, 6.45) is 0. The van der Waals surface area contributed by atoms with Crippen LogP contribution < -0.4 is 4.31 Å². The predicted molar refractivity (Wildman–Crippen MR) is 90.8 cm³/mol. The van der Waals surface area contributed by atoms with Crippen LogP contribution in [-0.2, 0) is 19.6 Å². The Balaban J connectivity index is 2.67. The molecule has 26 heavy (non-hydrogen) atoms. The van der Waals surface area contributed by atoms with Gasteiger partial charge in [-0.2, -0.15) is 0 Å². The highest BCUT2D eigenvalue weighted by atomic mass is 32.2. The number of nitrogens with zero attached hydrogens (tertiary/aromatic N) is 2. The largest absolute Gasteiger partial charge is 0.468 e. The van der Waals surface area contributed by atoms with Crippen LogP contribution in [0.1, 0.15) is 5.56 Å². The Bertz CT molecular complexity index is 961. The van der Waals surface area contributed by atoms with Crippen LogP contribution in [0.25, 0.3) is 0 Å². The van der Waals surface area contributed by atoms with Crippen molar-refractivity contribution in [2.24, 2.45) is 0 Å². The first-order valence-electron chi connectivity index (χ1n) is 7.27. The molecule has 0 aliphatic carbocycles. The number of aryl methyl sites for hydroxylation is 1. The Labute approximate surface area is 149 Å². The standard InChI is InChI=1S/C16H15FN2O6S/c1-11-7-8-12(19(21)22)9-15(11)26(23,24)18(10-16(20)25-2)14-6-4-3-5-13(14)17/h3-9H,10H2,1-2H3. The number of hydrogen-bond acceptors (Lipinski definition) is 6. The van der Waals surface area contributed by atoms with Gasteiger partial charge < -0.3 is 4.74 Å². The van der Waals surface area contributed by atoms with E-state index in [4.69, 9.17) is 0 Å². The van der Waals surface area contributed by atoms with Crippen molar-refractivity contribution >= 4 is 27.4 Å². The smallest absolute Gasteiger partial charge is 0.326 e. The third kappa shape index (κ3) is 3.80. The van der Waals surface area contributed by atoms with Gasteiger partial charge in [0.25, 0.3) is 15.7 Å². The third-order valence-corrected chi connectivity index (χ3v) is 5.47. The number of para-hydroxylation sites is 1. The summed E-state index contributed by atoms with van der Waals surface area (Å²) in [5.41, 5.74) is -0.605. The number of anilines is 1. The summed E-state index contributed by atoms with van der Waals surface area (Å²) >= 11 is 0. The number of esters is 1. The molecule has 0 aliphatic rings. The Hall–Kier alpha value is -3.01. The molecule has 0 radical (unpaired) electrons. The van der Waals surface area contributed by atoms with Gasteiger partial charge in [-0.25, -0.2) is 12.8 Å². The minimum Gasteiger partial charge on any atom is -0.468 e. The number of ether oxygens (including phenoxy) is 1. The quantitative estimate of drug-likeness (QED) is 0.431. The van der Waals surface area contributed by atoms with E-state index in [1.807, 2.05) is 0 Å². The molecule has 0 fully saturated rings. The summed E-state index contributed by atoms with van der Waals surface area (Å²) < 4.78 is 45.3. The maximum atomic E-state index is 14.2. The van der Waals surface area contributed by atoms with E-state index in [9.17, 15) is 27.7 Å². The topological polar surface area (TPSA) is 107 Å². The summed E-state index contributed by atoms with van der Waals surface area (Å²) in [7, 11) is -3.42. The molecule has 0 bridgehead atoms. The van der Waals surface area contributed by atoms with Crippen LogP contribution in [0, 0.1) is 22.9 Å². The SMILES string of the molecule is COC(=O)CN(c1ccccc1F)S(=O)(=O)c1cc([N+](=O)[O-])ccc1C. The summed E-state index contributed by atoms with van der Waals surface area (Å²) in [4.78, 5) is 21.5. The van der Waals surface area contributed by atoms with Crippen molar-refractivity contribution in [2.45, 2.75) is 11.8 Å². The molecule has 0 N–H and O–H groups in total. The second-order valence-electron chi connectivity index (χ2n) is 5.25. The third-order valence-electron chi connectivity index (χ3n) is 3.57. The maximum Gasteiger partial charge on any atom is 0.326 e. The van der Waals surface area contributed by atoms with Crippen molar-refractivity contribution in [2.75, 3.05) is 18.0 Å². The van der Waals surface area contributed by atoms with Gasteiger partial charge in [-0.3, -0.25) is 19.2 Å². The minimum atomic E-state index is -4.48. The molecule has 8 nitrogen and oxygen atoms in total. The summed E-state index contributed by atoms with van der Waals surface area (Å²) in [6, 6.07) is 8.28. The lowest BCUT2D eigenvalue weighted by atomic mass is 10.2. The molecule has 2 aromatic carbocycles. The van der Waals surface area contributed by atoms with Crippen LogP contribution in [0.2, 0.25) is 0 Å². The maximum absolute atomic E-state index is 14.2. The fourth-order valence-electron chi connectivity index (χ4n) is 2.23. The molecule has 0 amide bonds. The first kappa shape index (κ1) is 19.3. The van der Waals surface area contributed by atoms with E-state index < -0.39 is 43.9 Å². The first-order valence-corrected chi connectivity index (χ1v) is 8.71. The Morgan fingerprint density at radius 2 is 1.92 bits per heavy atom. The number of nitro benzene ring substituents is 1. The lowest BCUT2D eigenvalue weighted by Gasteiger charge is -2.24. The normalized spacial score (nSPS) is 11.0. The Morgan fingerprint density at radius 3 is 2.50 bits per heavy atom.